The van der Waals surface area contributed by atoms with E-state index in [4.69, 9.17) is 4.74 Å². The highest BCUT2D eigenvalue weighted by Crippen LogP contribution is 2.21. The van der Waals surface area contributed by atoms with Gasteiger partial charge >= 0.3 is 0 Å². The monoisotopic (exact) mass is 290 g/mol. The Bertz CT molecular complexity index is 581. The molecule has 0 fully saturated rings. The zero-order valence-electron chi connectivity index (χ0n) is 11.9. The van der Waals surface area contributed by atoms with Crippen LogP contribution in [0.5, 0.6) is 0 Å². The Labute approximate surface area is 123 Å². The van der Waals surface area contributed by atoms with Crippen LogP contribution >= 0.6 is 11.3 Å². The number of hydrogen-bond acceptors (Lipinski definition) is 4. The number of nitrogens with zero attached hydrogens (tertiary/aromatic N) is 2. The number of amides is 1. The fourth-order valence-electron chi connectivity index (χ4n) is 1.89. The van der Waals surface area contributed by atoms with E-state index in [2.05, 4.69) is 4.98 Å². The van der Waals surface area contributed by atoms with Crippen molar-refractivity contribution in [3.8, 4) is 0 Å². The predicted octanol–water partition coefficient (Wildman–Crippen LogP) is 2.80. The molecule has 1 aromatic heterocycles. The van der Waals surface area contributed by atoms with Crippen LogP contribution in [-0.2, 0) is 22.6 Å². The molecule has 1 aromatic carbocycles. The number of rotatable bonds is 5. The summed E-state index contributed by atoms with van der Waals surface area (Å²) in [5.41, 5.74) is 1.81. The fraction of sp³-hybridized carbons (Fsp3) is 0.333. The molecule has 0 spiro atoms. The van der Waals surface area contributed by atoms with Crippen LogP contribution in [0.15, 0.2) is 30.3 Å². The lowest BCUT2D eigenvalue weighted by atomic mass is 10.2. The molecule has 4 nitrogen and oxygen atoms in total. The number of carbonyl (C=O) groups excluding carboxylic acids is 1. The molecule has 2 rings (SSSR count). The van der Waals surface area contributed by atoms with Crippen LogP contribution in [0.2, 0.25) is 0 Å². The van der Waals surface area contributed by atoms with Crippen molar-refractivity contribution in [3.63, 3.8) is 0 Å². The highest BCUT2D eigenvalue weighted by Gasteiger charge is 2.15. The van der Waals surface area contributed by atoms with Gasteiger partial charge in [0, 0.05) is 24.7 Å². The second kappa shape index (κ2) is 6.63. The number of hydrogen-bond donors (Lipinski definition) is 0. The molecule has 0 saturated carbocycles. The van der Waals surface area contributed by atoms with E-state index in [1.807, 2.05) is 37.3 Å². The first-order valence-electron chi connectivity index (χ1n) is 6.37. The minimum absolute atomic E-state index is 0.0620. The summed E-state index contributed by atoms with van der Waals surface area (Å²) in [5, 5.41) is 0.912. The predicted molar refractivity (Wildman–Crippen MR) is 81.1 cm³/mol. The Kier molecular flexibility index (Phi) is 4.87. The molecule has 0 saturated heterocycles. The molecular weight excluding hydrogens is 272 g/mol. The van der Waals surface area contributed by atoms with Crippen molar-refractivity contribution in [1.29, 1.82) is 0 Å². The Hall–Kier alpha value is -1.72. The second-order valence-corrected chi connectivity index (χ2v) is 5.68. The van der Waals surface area contributed by atoms with Crippen molar-refractivity contribution in [2.45, 2.75) is 20.0 Å². The van der Waals surface area contributed by atoms with Gasteiger partial charge in [-0.15, -0.1) is 11.3 Å². The Morgan fingerprint density at radius 1 is 1.35 bits per heavy atom. The number of aryl methyl sites for hydroxylation is 1. The largest absolute Gasteiger partial charge is 0.378 e. The summed E-state index contributed by atoms with van der Waals surface area (Å²) in [6.07, 6.45) is 0.374. The third-order valence-electron chi connectivity index (χ3n) is 3.03. The highest BCUT2D eigenvalue weighted by molar-refractivity contribution is 7.11. The first-order chi connectivity index (χ1) is 9.61. The number of thiazole rings is 1. The molecule has 0 N–H and O–H groups in total. The van der Waals surface area contributed by atoms with Crippen LogP contribution in [0.25, 0.3) is 0 Å². The molecule has 1 amide bonds. The average molecular weight is 290 g/mol. The number of benzene rings is 1. The van der Waals surface area contributed by atoms with Gasteiger partial charge in [-0.3, -0.25) is 4.79 Å². The molecule has 0 unspecified atom stereocenters. The molecule has 0 bridgehead atoms. The first kappa shape index (κ1) is 14.7. The summed E-state index contributed by atoms with van der Waals surface area (Å²) in [6.45, 7) is 2.43. The number of carbonyl (C=O) groups is 1. The number of aromatic nitrogens is 1. The van der Waals surface area contributed by atoms with Crippen molar-refractivity contribution in [1.82, 2.24) is 4.98 Å². The minimum Gasteiger partial charge on any atom is -0.378 e. The molecule has 0 atom stereocenters. The molecule has 20 heavy (non-hydrogen) atoms. The van der Waals surface area contributed by atoms with Gasteiger partial charge in [-0.1, -0.05) is 18.2 Å². The lowest BCUT2D eigenvalue weighted by Crippen LogP contribution is -2.27. The van der Waals surface area contributed by atoms with Crippen LogP contribution in [0, 0.1) is 6.92 Å². The number of ether oxygens (including phenoxy) is 1. The number of anilines is 1. The summed E-state index contributed by atoms with van der Waals surface area (Å²) < 4.78 is 5.07. The van der Waals surface area contributed by atoms with Gasteiger partial charge in [0.05, 0.1) is 18.7 Å². The maximum atomic E-state index is 12.3. The Morgan fingerprint density at radius 2 is 2.05 bits per heavy atom. The van der Waals surface area contributed by atoms with Gasteiger partial charge in [0.2, 0.25) is 5.91 Å². The van der Waals surface area contributed by atoms with Gasteiger partial charge in [0.1, 0.15) is 5.01 Å². The van der Waals surface area contributed by atoms with Crippen molar-refractivity contribution in [2.24, 2.45) is 0 Å². The average Bonchev–Trinajstić information content (AvgIpc) is 2.79. The zero-order chi connectivity index (χ0) is 14.5. The van der Waals surface area contributed by atoms with Crippen LogP contribution in [0.1, 0.15) is 15.6 Å². The standard InChI is InChI=1S/C15H18N2O2S/c1-11-13(20-14(16-11)10-19-3)9-15(18)17(2)12-7-5-4-6-8-12/h4-8H,9-10H2,1-3H3. The van der Waals surface area contributed by atoms with E-state index in [1.54, 1.807) is 30.4 Å². The SMILES string of the molecule is COCc1nc(C)c(CC(=O)N(C)c2ccccc2)s1. The van der Waals surface area contributed by atoms with Crippen molar-refractivity contribution in [2.75, 3.05) is 19.1 Å². The second-order valence-electron chi connectivity index (χ2n) is 4.51. The van der Waals surface area contributed by atoms with Crippen LogP contribution in [0.3, 0.4) is 0 Å². The molecular formula is C15H18N2O2S. The summed E-state index contributed by atoms with van der Waals surface area (Å²) in [5.74, 6) is 0.0620. The van der Waals surface area contributed by atoms with Crippen LogP contribution in [-0.4, -0.2) is 25.0 Å². The smallest absolute Gasteiger partial charge is 0.232 e. The molecule has 0 aliphatic heterocycles. The van der Waals surface area contributed by atoms with Gasteiger partial charge in [-0.25, -0.2) is 4.98 Å². The van der Waals surface area contributed by atoms with E-state index in [1.165, 1.54) is 0 Å². The third-order valence-corrected chi connectivity index (χ3v) is 4.17. The van der Waals surface area contributed by atoms with Crippen LogP contribution < -0.4 is 4.90 Å². The van der Waals surface area contributed by atoms with Crippen LogP contribution in [0.4, 0.5) is 5.69 Å². The van der Waals surface area contributed by atoms with E-state index in [0.717, 1.165) is 21.3 Å². The van der Waals surface area contributed by atoms with Crippen molar-refractivity contribution < 1.29 is 9.53 Å². The number of likely N-dealkylation sites (N-methyl/N-ethyl adjacent to an activating group) is 1. The Balaban J connectivity index is 2.08. The van der Waals surface area contributed by atoms with Crippen molar-refractivity contribution in [3.05, 3.63) is 45.9 Å². The molecule has 0 radical (unpaired) electrons. The molecule has 5 heteroatoms. The van der Waals surface area contributed by atoms with Gasteiger partial charge < -0.3 is 9.64 Å². The van der Waals surface area contributed by atoms with E-state index >= 15 is 0 Å². The quantitative estimate of drug-likeness (QED) is 0.850. The Morgan fingerprint density at radius 3 is 2.70 bits per heavy atom. The van der Waals surface area contributed by atoms with Gasteiger partial charge in [0.25, 0.3) is 0 Å². The molecule has 106 valence electrons. The highest BCUT2D eigenvalue weighted by atomic mass is 32.1. The third kappa shape index (κ3) is 3.43. The topological polar surface area (TPSA) is 42.4 Å². The van der Waals surface area contributed by atoms with E-state index in [9.17, 15) is 4.79 Å². The lowest BCUT2D eigenvalue weighted by molar-refractivity contribution is -0.117. The van der Waals surface area contributed by atoms with Gasteiger partial charge in [-0.05, 0) is 19.1 Å². The molecule has 0 aliphatic rings. The van der Waals surface area contributed by atoms with Gasteiger partial charge in [-0.2, -0.15) is 0 Å². The summed E-state index contributed by atoms with van der Waals surface area (Å²) in [4.78, 5) is 19.4. The normalized spacial score (nSPS) is 10.6. The van der Waals surface area contributed by atoms with E-state index in [-0.39, 0.29) is 5.91 Å². The van der Waals surface area contributed by atoms with E-state index < -0.39 is 0 Å². The van der Waals surface area contributed by atoms with Crippen molar-refractivity contribution >= 4 is 22.9 Å². The number of para-hydroxylation sites is 1. The maximum Gasteiger partial charge on any atom is 0.232 e. The minimum atomic E-state index is 0.0620. The lowest BCUT2D eigenvalue weighted by Gasteiger charge is -2.16. The number of methoxy groups -OCH3 is 1. The van der Waals surface area contributed by atoms with Gasteiger partial charge in [0.15, 0.2) is 0 Å². The zero-order valence-corrected chi connectivity index (χ0v) is 12.7. The van der Waals surface area contributed by atoms with E-state index in [0.29, 0.717) is 13.0 Å². The molecule has 1 heterocycles. The fourth-order valence-corrected chi connectivity index (χ4v) is 2.92. The summed E-state index contributed by atoms with van der Waals surface area (Å²) in [6, 6.07) is 9.63. The summed E-state index contributed by atoms with van der Waals surface area (Å²) >= 11 is 1.54. The molecule has 0 aliphatic carbocycles. The molecule has 2 aromatic rings. The summed E-state index contributed by atoms with van der Waals surface area (Å²) in [7, 11) is 3.44. The first-order valence-corrected chi connectivity index (χ1v) is 7.19. The maximum absolute atomic E-state index is 12.3.